The Morgan fingerprint density at radius 2 is 1.18 bits per heavy atom. The van der Waals surface area contributed by atoms with Crippen LogP contribution in [0.2, 0.25) is 0 Å². The van der Waals surface area contributed by atoms with Crippen LogP contribution >= 0.6 is 0 Å². The van der Waals surface area contributed by atoms with Crippen LogP contribution in [0.15, 0.2) is 44.5 Å². The number of aromatic amines is 1. The number of azo groups is 1. The molecule has 0 aliphatic carbocycles. The quantitative estimate of drug-likeness (QED) is 0.0406. The van der Waals surface area contributed by atoms with E-state index in [1.54, 1.807) is 45.0 Å². The highest BCUT2D eigenvalue weighted by molar-refractivity contribution is 5.95. The summed E-state index contributed by atoms with van der Waals surface area (Å²) in [6.45, 7) is 11.3. The van der Waals surface area contributed by atoms with Gasteiger partial charge in [-0.2, -0.15) is 5.11 Å². The van der Waals surface area contributed by atoms with E-state index in [4.69, 9.17) is 4.74 Å². The van der Waals surface area contributed by atoms with Crippen molar-refractivity contribution in [2.75, 3.05) is 19.7 Å². The molecule has 1 aromatic carbocycles. The van der Waals surface area contributed by atoms with Gasteiger partial charge in [0.25, 0.3) is 11.5 Å². The number of carbonyl (C=O) groups excluding carboxylic acids is 2. The van der Waals surface area contributed by atoms with Crippen molar-refractivity contribution in [2.45, 2.75) is 163 Å². The van der Waals surface area contributed by atoms with Crippen molar-refractivity contribution >= 4 is 29.1 Å². The van der Waals surface area contributed by atoms with Crippen LogP contribution in [-0.4, -0.2) is 41.5 Å². The SMILES string of the molecule is CCCCCCCCCCCCN(CCCCCCCCCCC)C(=O)c1ccc(N=Nc2c(N=O)[nH]c(=O)c(C(=O)OCC)c2C(C)C)cc1. The van der Waals surface area contributed by atoms with E-state index in [9.17, 15) is 19.3 Å². The molecule has 0 aliphatic heterocycles. The number of nitrogens with one attached hydrogen (secondary N) is 1. The van der Waals surface area contributed by atoms with Gasteiger partial charge in [0, 0.05) is 24.2 Å². The summed E-state index contributed by atoms with van der Waals surface area (Å²) in [5.74, 6) is -1.45. The lowest BCUT2D eigenvalue weighted by atomic mass is 9.96. The number of amides is 1. The first-order chi connectivity index (χ1) is 24.8. The molecule has 0 saturated carbocycles. The van der Waals surface area contributed by atoms with E-state index in [0.29, 0.717) is 11.3 Å². The summed E-state index contributed by atoms with van der Waals surface area (Å²) in [5, 5.41) is 11.5. The Morgan fingerprint density at radius 1 is 0.706 bits per heavy atom. The van der Waals surface area contributed by atoms with E-state index < -0.39 is 11.5 Å². The molecule has 10 heteroatoms. The predicted molar refractivity (Wildman–Crippen MR) is 208 cm³/mol. The summed E-state index contributed by atoms with van der Waals surface area (Å²) in [4.78, 5) is 55.0. The van der Waals surface area contributed by atoms with E-state index in [0.717, 1.165) is 38.8 Å². The van der Waals surface area contributed by atoms with Crippen LogP contribution in [0.4, 0.5) is 17.2 Å². The summed E-state index contributed by atoms with van der Waals surface area (Å²) >= 11 is 0. The van der Waals surface area contributed by atoms with E-state index in [-0.39, 0.29) is 41.1 Å². The van der Waals surface area contributed by atoms with Crippen LogP contribution in [0.25, 0.3) is 0 Å². The fraction of sp³-hybridized carbons (Fsp3) is 0.683. The average molecular weight is 708 g/mol. The molecule has 284 valence electrons. The molecule has 0 bridgehead atoms. The van der Waals surface area contributed by atoms with Gasteiger partial charge >= 0.3 is 5.97 Å². The summed E-state index contributed by atoms with van der Waals surface area (Å²) in [7, 11) is 0. The Labute approximate surface area is 306 Å². The molecule has 10 nitrogen and oxygen atoms in total. The average Bonchev–Trinajstić information content (AvgIpc) is 3.12. The van der Waals surface area contributed by atoms with E-state index in [2.05, 4.69) is 34.2 Å². The number of nitroso groups, excluding NO2 is 1. The number of hydrogen-bond donors (Lipinski definition) is 1. The largest absolute Gasteiger partial charge is 0.462 e. The molecule has 1 aromatic heterocycles. The fourth-order valence-corrected chi connectivity index (χ4v) is 6.41. The maximum Gasteiger partial charge on any atom is 0.344 e. The van der Waals surface area contributed by atoms with Gasteiger partial charge in [-0.25, -0.2) is 4.79 Å². The number of aromatic nitrogens is 1. The fourth-order valence-electron chi connectivity index (χ4n) is 6.41. The first-order valence-electron chi connectivity index (χ1n) is 19.9. The molecule has 0 spiro atoms. The topological polar surface area (TPSA) is 134 Å². The Bertz CT molecular complexity index is 1390. The molecule has 51 heavy (non-hydrogen) atoms. The number of hydrogen-bond acceptors (Lipinski definition) is 8. The second kappa shape index (κ2) is 26.1. The highest BCUT2D eigenvalue weighted by Crippen LogP contribution is 2.37. The van der Waals surface area contributed by atoms with Crippen LogP contribution in [-0.2, 0) is 4.74 Å². The van der Waals surface area contributed by atoms with Crippen molar-refractivity contribution in [2.24, 2.45) is 15.4 Å². The zero-order valence-corrected chi connectivity index (χ0v) is 32.3. The molecule has 1 amide bonds. The first-order valence-corrected chi connectivity index (χ1v) is 19.9. The van der Waals surface area contributed by atoms with Crippen molar-refractivity contribution < 1.29 is 14.3 Å². The summed E-state index contributed by atoms with van der Waals surface area (Å²) in [6, 6.07) is 6.90. The third-order valence-electron chi connectivity index (χ3n) is 9.34. The van der Waals surface area contributed by atoms with Crippen LogP contribution in [0, 0.1) is 4.91 Å². The van der Waals surface area contributed by atoms with Crippen molar-refractivity contribution in [3.63, 3.8) is 0 Å². The van der Waals surface area contributed by atoms with Gasteiger partial charge < -0.3 is 14.6 Å². The van der Waals surface area contributed by atoms with Gasteiger partial charge in [0.2, 0.25) is 5.82 Å². The molecule has 0 fully saturated rings. The van der Waals surface area contributed by atoms with Crippen LogP contribution in [0.3, 0.4) is 0 Å². The predicted octanol–water partition coefficient (Wildman–Crippen LogP) is 12.4. The maximum absolute atomic E-state index is 13.7. The lowest BCUT2D eigenvalue weighted by Gasteiger charge is -2.23. The zero-order valence-electron chi connectivity index (χ0n) is 32.3. The van der Waals surface area contributed by atoms with Crippen molar-refractivity contribution in [1.82, 2.24) is 9.88 Å². The number of ether oxygens (including phenoxy) is 1. The number of rotatable bonds is 28. The van der Waals surface area contributed by atoms with Gasteiger partial charge in [0.1, 0.15) is 11.3 Å². The minimum absolute atomic E-state index is 0.00596. The third-order valence-corrected chi connectivity index (χ3v) is 9.34. The second-order valence-corrected chi connectivity index (χ2v) is 14.0. The Morgan fingerprint density at radius 3 is 1.61 bits per heavy atom. The number of benzene rings is 1. The van der Waals surface area contributed by atoms with Gasteiger partial charge in [-0.15, -0.1) is 10.0 Å². The van der Waals surface area contributed by atoms with Crippen molar-refractivity contribution in [3.05, 3.63) is 56.2 Å². The lowest BCUT2D eigenvalue weighted by molar-refractivity contribution is 0.0522. The Kier molecular flexibility index (Phi) is 22.3. The highest BCUT2D eigenvalue weighted by atomic mass is 16.5. The van der Waals surface area contributed by atoms with Crippen molar-refractivity contribution in [3.8, 4) is 0 Å². The van der Waals surface area contributed by atoms with Gasteiger partial charge in [-0.3, -0.25) is 9.59 Å². The number of unbranched alkanes of at least 4 members (excludes halogenated alkanes) is 17. The van der Waals surface area contributed by atoms with Crippen LogP contribution < -0.4 is 5.56 Å². The summed E-state index contributed by atoms with van der Waals surface area (Å²) in [5.41, 5.74) is 0.292. The molecule has 1 heterocycles. The third kappa shape index (κ3) is 16.0. The van der Waals surface area contributed by atoms with Crippen LogP contribution in [0.1, 0.15) is 189 Å². The molecule has 0 unspecified atom stereocenters. The summed E-state index contributed by atoms with van der Waals surface area (Å²) in [6.07, 6.45) is 23.7. The minimum Gasteiger partial charge on any atom is -0.462 e. The Hall–Kier alpha value is -3.69. The van der Waals surface area contributed by atoms with Gasteiger partial charge in [0.05, 0.1) is 12.3 Å². The molecular formula is C41H65N5O5. The van der Waals surface area contributed by atoms with Crippen molar-refractivity contribution in [1.29, 1.82) is 0 Å². The number of pyridine rings is 1. The van der Waals surface area contributed by atoms with E-state index in [1.807, 2.05) is 4.90 Å². The van der Waals surface area contributed by atoms with E-state index in [1.165, 1.54) is 96.3 Å². The molecule has 0 atom stereocenters. The number of esters is 1. The first kappa shape index (κ1) is 43.5. The van der Waals surface area contributed by atoms with Crippen LogP contribution in [0.5, 0.6) is 0 Å². The standard InChI is InChI=1S/C41H65N5O5/c1-6-9-11-13-15-17-19-21-23-25-31-46(30-24-22-20-18-16-14-12-10-7-2)40(48)33-26-28-34(29-27-33)43-44-37-35(32(4)5)36(41(49)51-8-3)39(47)42-38(37)45-50/h26-29,32H,6-25,30-31H2,1-5H3,(H,42,47). The van der Waals surface area contributed by atoms with E-state index >= 15 is 0 Å². The van der Waals surface area contributed by atoms with Gasteiger partial charge in [-0.05, 0) is 55.1 Å². The Balaban J connectivity index is 2.11. The summed E-state index contributed by atoms with van der Waals surface area (Å²) < 4.78 is 5.09. The molecule has 0 radical (unpaired) electrons. The molecule has 0 aliphatic rings. The maximum atomic E-state index is 13.7. The number of H-pyrrole nitrogens is 1. The lowest BCUT2D eigenvalue weighted by Crippen LogP contribution is -2.33. The van der Waals surface area contributed by atoms with Gasteiger partial charge in [-0.1, -0.05) is 137 Å². The molecule has 0 saturated heterocycles. The van der Waals surface area contributed by atoms with Gasteiger partial charge in [0.15, 0.2) is 0 Å². The zero-order chi connectivity index (χ0) is 37.3. The normalized spacial score (nSPS) is 11.4. The molecular weight excluding hydrogens is 642 g/mol. The molecule has 2 aromatic rings. The number of carbonyl (C=O) groups is 2. The minimum atomic E-state index is -0.802. The molecule has 2 rings (SSSR count). The number of nitrogens with zero attached hydrogens (tertiary/aromatic N) is 4. The molecule has 1 N–H and O–H groups in total. The highest BCUT2D eigenvalue weighted by Gasteiger charge is 2.26. The smallest absolute Gasteiger partial charge is 0.344 e. The second-order valence-electron chi connectivity index (χ2n) is 14.0. The monoisotopic (exact) mass is 707 g/mol.